The minimum absolute atomic E-state index is 0.259. The van der Waals surface area contributed by atoms with Crippen molar-refractivity contribution in [3.05, 3.63) is 69.6 Å². The lowest BCUT2D eigenvalue weighted by molar-refractivity contribution is 0.101. The van der Waals surface area contributed by atoms with Crippen molar-refractivity contribution in [1.82, 2.24) is 0 Å². The molecule has 0 saturated heterocycles. The second-order valence-corrected chi connectivity index (χ2v) is 5.36. The third-order valence-corrected chi connectivity index (χ3v) is 3.88. The van der Waals surface area contributed by atoms with Gasteiger partial charge in [0.2, 0.25) is 5.78 Å². The van der Waals surface area contributed by atoms with Crippen LogP contribution >= 0.6 is 15.9 Å². The van der Waals surface area contributed by atoms with E-state index in [1.165, 1.54) is 18.2 Å². The van der Waals surface area contributed by atoms with Gasteiger partial charge < -0.3 is 4.42 Å². The van der Waals surface area contributed by atoms with Gasteiger partial charge in [0, 0.05) is 21.0 Å². The van der Waals surface area contributed by atoms with E-state index in [-0.39, 0.29) is 5.78 Å². The molecule has 2 nitrogen and oxygen atoms in total. The minimum Gasteiger partial charge on any atom is -0.452 e. The lowest BCUT2D eigenvalue weighted by Crippen LogP contribution is -2.02. The Labute approximate surface area is 123 Å². The first-order valence-corrected chi connectivity index (χ1v) is 6.85. The molecule has 3 rings (SSSR count). The fraction of sp³-hybridized carbons (Fsp3) is 0.0625. The number of para-hydroxylation sites is 1. The van der Waals surface area contributed by atoms with E-state index in [2.05, 4.69) is 15.9 Å². The lowest BCUT2D eigenvalue weighted by atomic mass is 10.0. The van der Waals surface area contributed by atoms with Crippen molar-refractivity contribution in [3.8, 4) is 0 Å². The number of halogens is 2. The number of benzene rings is 2. The molecule has 0 atom stereocenters. The monoisotopic (exact) mass is 332 g/mol. The van der Waals surface area contributed by atoms with Crippen LogP contribution in [0.3, 0.4) is 0 Å². The van der Waals surface area contributed by atoms with Crippen LogP contribution in [0.2, 0.25) is 0 Å². The predicted molar refractivity (Wildman–Crippen MR) is 78.5 cm³/mol. The summed E-state index contributed by atoms with van der Waals surface area (Å²) in [5, 5.41) is 0.911. The molecule has 0 aliphatic rings. The summed E-state index contributed by atoms with van der Waals surface area (Å²) in [6, 6.07) is 11.5. The van der Waals surface area contributed by atoms with Crippen molar-refractivity contribution in [2.75, 3.05) is 0 Å². The van der Waals surface area contributed by atoms with Gasteiger partial charge in [0.05, 0.1) is 0 Å². The van der Waals surface area contributed by atoms with Crippen LogP contribution in [0.1, 0.15) is 21.7 Å². The maximum atomic E-state index is 13.1. The SMILES string of the molecule is Cc1c(C(=O)c2ccc(F)cc2Br)oc2ccccc12. The Hall–Kier alpha value is -1.94. The number of carbonyl (C=O) groups excluding carboxylic acids is 1. The van der Waals surface area contributed by atoms with Crippen molar-refractivity contribution >= 4 is 32.7 Å². The molecule has 0 saturated carbocycles. The van der Waals surface area contributed by atoms with Crippen LogP contribution in [0.5, 0.6) is 0 Å². The molecule has 0 fully saturated rings. The predicted octanol–water partition coefficient (Wildman–Crippen LogP) is 4.87. The molecule has 1 aromatic heterocycles. The number of furan rings is 1. The summed E-state index contributed by atoms with van der Waals surface area (Å²) in [6.07, 6.45) is 0. The van der Waals surface area contributed by atoms with Gasteiger partial charge in [-0.2, -0.15) is 0 Å². The largest absolute Gasteiger partial charge is 0.452 e. The molecule has 1 heterocycles. The highest BCUT2D eigenvalue weighted by Crippen LogP contribution is 2.29. The normalized spacial score (nSPS) is 10.9. The highest BCUT2D eigenvalue weighted by molar-refractivity contribution is 9.10. The molecule has 0 aliphatic carbocycles. The zero-order valence-corrected chi connectivity index (χ0v) is 12.2. The van der Waals surface area contributed by atoms with Crippen molar-refractivity contribution in [3.63, 3.8) is 0 Å². The third kappa shape index (κ3) is 2.06. The average molecular weight is 333 g/mol. The van der Waals surface area contributed by atoms with Crippen molar-refractivity contribution in [2.24, 2.45) is 0 Å². The van der Waals surface area contributed by atoms with Crippen LogP contribution in [-0.4, -0.2) is 5.78 Å². The van der Waals surface area contributed by atoms with E-state index < -0.39 is 5.82 Å². The molecule has 0 N–H and O–H groups in total. The fourth-order valence-electron chi connectivity index (χ4n) is 2.19. The van der Waals surface area contributed by atoms with Gasteiger partial charge in [0.15, 0.2) is 5.76 Å². The summed E-state index contributed by atoms with van der Waals surface area (Å²) in [5.74, 6) is -0.362. The fourth-order valence-corrected chi connectivity index (χ4v) is 2.72. The molecule has 100 valence electrons. The second kappa shape index (κ2) is 4.87. The maximum absolute atomic E-state index is 13.1. The zero-order chi connectivity index (χ0) is 14.3. The van der Waals surface area contributed by atoms with Crippen LogP contribution in [-0.2, 0) is 0 Å². The quantitative estimate of drug-likeness (QED) is 0.626. The first-order chi connectivity index (χ1) is 9.58. The number of hydrogen-bond donors (Lipinski definition) is 0. The molecule has 0 unspecified atom stereocenters. The Balaban J connectivity index is 2.15. The number of fused-ring (bicyclic) bond motifs is 1. The smallest absolute Gasteiger partial charge is 0.229 e. The van der Waals surface area contributed by atoms with Gasteiger partial charge in [-0.3, -0.25) is 4.79 Å². The van der Waals surface area contributed by atoms with E-state index in [0.717, 1.165) is 10.9 Å². The zero-order valence-electron chi connectivity index (χ0n) is 10.6. The van der Waals surface area contributed by atoms with Crippen LogP contribution in [0.25, 0.3) is 11.0 Å². The highest BCUT2D eigenvalue weighted by Gasteiger charge is 2.21. The minimum atomic E-state index is -0.394. The Bertz CT molecular complexity index is 820. The van der Waals surface area contributed by atoms with Gasteiger partial charge in [0.1, 0.15) is 11.4 Å². The molecule has 20 heavy (non-hydrogen) atoms. The first kappa shape index (κ1) is 13.1. The number of carbonyl (C=O) groups is 1. The molecule has 4 heteroatoms. The number of ketones is 1. The molecule has 2 aromatic carbocycles. The Morgan fingerprint density at radius 2 is 1.95 bits per heavy atom. The van der Waals surface area contributed by atoms with Gasteiger partial charge in [0.25, 0.3) is 0 Å². The van der Waals surface area contributed by atoms with Gasteiger partial charge in [-0.1, -0.05) is 18.2 Å². The standard InChI is InChI=1S/C16H10BrFO2/c1-9-11-4-2-3-5-14(11)20-16(9)15(19)12-7-6-10(18)8-13(12)17/h2-8H,1H3. The number of hydrogen-bond acceptors (Lipinski definition) is 2. The van der Waals surface area contributed by atoms with Gasteiger partial charge in [-0.25, -0.2) is 4.39 Å². The Morgan fingerprint density at radius 3 is 2.65 bits per heavy atom. The van der Waals surface area contributed by atoms with Crippen molar-refractivity contribution in [2.45, 2.75) is 6.92 Å². The number of aryl methyl sites for hydroxylation is 1. The van der Waals surface area contributed by atoms with E-state index in [1.54, 1.807) is 0 Å². The van der Waals surface area contributed by atoms with Gasteiger partial charge in [-0.15, -0.1) is 0 Å². The molecular formula is C16H10BrFO2. The lowest BCUT2D eigenvalue weighted by Gasteiger charge is -2.02. The Kier molecular flexibility index (Phi) is 3.18. The molecule has 3 aromatic rings. The van der Waals surface area contributed by atoms with E-state index in [1.807, 2.05) is 31.2 Å². The topological polar surface area (TPSA) is 30.2 Å². The van der Waals surface area contributed by atoms with Gasteiger partial charge in [-0.05, 0) is 47.1 Å². The first-order valence-electron chi connectivity index (χ1n) is 6.06. The van der Waals surface area contributed by atoms with E-state index in [0.29, 0.717) is 21.4 Å². The highest BCUT2D eigenvalue weighted by atomic mass is 79.9. The van der Waals surface area contributed by atoms with Crippen LogP contribution in [0.4, 0.5) is 4.39 Å². The van der Waals surface area contributed by atoms with Crippen molar-refractivity contribution < 1.29 is 13.6 Å². The van der Waals surface area contributed by atoms with Crippen LogP contribution in [0.15, 0.2) is 51.4 Å². The summed E-state index contributed by atoms with van der Waals surface area (Å²) >= 11 is 3.21. The van der Waals surface area contributed by atoms with E-state index in [4.69, 9.17) is 4.42 Å². The summed E-state index contributed by atoms with van der Waals surface area (Å²) in [4.78, 5) is 12.5. The molecule has 0 bridgehead atoms. The molecule has 0 amide bonds. The van der Waals surface area contributed by atoms with Crippen molar-refractivity contribution in [1.29, 1.82) is 0 Å². The summed E-state index contributed by atoms with van der Waals surface area (Å²) in [5.41, 5.74) is 1.85. The third-order valence-electron chi connectivity index (χ3n) is 3.23. The Morgan fingerprint density at radius 1 is 1.20 bits per heavy atom. The summed E-state index contributed by atoms with van der Waals surface area (Å²) < 4.78 is 19.2. The molecule has 0 radical (unpaired) electrons. The average Bonchev–Trinajstić information content (AvgIpc) is 2.76. The van der Waals surface area contributed by atoms with E-state index >= 15 is 0 Å². The van der Waals surface area contributed by atoms with E-state index in [9.17, 15) is 9.18 Å². The second-order valence-electron chi connectivity index (χ2n) is 4.51. The molecule has 0 spiro atoms. The number of rotatable bonds is 2. The molecule has 0 aliphatic heterocycles. The van der Waals surface area contributed by atoms with Crippen LogP contribution < -0.4 is 0 Å². The van der Waals surface area contributed by atoms with Gasteiger partial charge >= 0.3 is 0 Å². The molecular weight excluding hydrogens is 323 g/mol. The summed E-state index contributed by atoms with van der Waals surface area (Å²) in [7, 11) is 0. The summed E-state index contributed by atoms with van der Waals surface area (Å²) in [6.45, 7) is 1.84. The maximum Gasteiger partial charge on any atom is 0.229 e. The van der Waals surface area contributed by atoms with Crippen LogP contribution in [0, 0.1) is 12.7 Å².